The molecule has 0 aliphatic carbocycles. The number of para-hydroxylation sites is 2. The van der Waals surface area contributed by atoms with Gasteiger partial charge in [0.2, 0.25) is 11.7 Å². The number of aliphatic imine (C=N–C) groups is 1. The van der Waals surface area contributed by atoms with E-state index in [-0.39, 0.29) is 24.0 Å². The number of rotatable bonds is 5. The Balaban J connectivity index is 1.63. The number of H-pyrrole nitrogens is 1. The Kier molecular flexibility index (Phi) is 5.53. The Morgan fingerprint density at radius 2 is 1.91 bits per heavy atom. The SMILES string of the molecule is CCOC(=O)C1=C(C)N=C2O/C(=C\c3c[nH]c4ccccc34)C(=O)C2C1c1ccccc1OC. The molecule has 2 atom stereocenters. The number of methoxy groups -OCH3 is 1. The molecular formula is C27H24N2O5. The Morgan fingerprint density at radius 1 is 1.15 bits per heavy atom. The van der Waals surface area contributed by atoms with Crippen molar-refractivity contribution in [3.63, 3.8) is 0 Å². The van der Waals surface area contributed by atoms with E-state index in [2.05, 4.69) is 9.98 Å². The Hall–Kier alpha value is -4.13. The van der Waals surface area contributed by atoms with Crippen molar-refractivity contribution in [1.29, 1.82) is 0 Å². The van der Waals surface area contributed by atoms with Crippen LogP contribution in [0, 0.1) is 5.92 Å². The molecule has 7 nitrogen and oxygen atoms in total. The number of nitrogens with one attached hydrogen (secondary N) is 1. The molecule has 5 rings (SSSR count). The summed E-state index contributed by atoms with van der Waals surface area (Å²) in [6.07, 6.45) is 3.56. The zero-order valence-corrected chi connectivity index (χ0v) is 19.1. The lowest BCUT2D eigenvalue weighted by atomic mass is 9.76. The van der Waals surface area contributed by atoms with Gasteiger partial charge >= 0.3 is 5.97 Å². The van der Waals surface area contributed by atoms with E-state index in [0.29, 0.717) is 22.6 Å². The molecule has 34 heavy (non-hydrogen) atoms. The molecule has 1 N–H and O–H groups in total. The highest BCUT2D eigenvalue weighted by atomic mass is 16.5. The molecular weight excluding hydrogens is 432 g/mol. The standard InChI is InChI=1S/C27H24N2O5/c1-4-33-27(31)22-15(2)29-26-24(23(22)18-10-6-8-12-20(18)32-3)25(30)21(34-26)13-16-14-28-19-11-7-5-9-17(16)19/h5-14,23-24,28H,4H2,1-3H3/b21-13-. The number of aromatic nitrogens is 1. The van der Waals surface area contributed by atoms with Crippen molar-refractivity contribution in [2.75, 3.05) is 13.7 Å². The van der Waals surface area contributed by atoms with Gasteiger partial charge in [0, 0.05) is 34.1 Å². The van der Waals surface area contributed by atoms with Gasteiger partial charge in [-0.1, -0.05) is 36.4 Å². The van der Waals surface area contributed by atoms with Crippen LogP contribution in [0.25, 0.3) is 17.0 Å². The van der Waals surface area contributed by atoms with Crippen LogP contribution in [0.15, 0.2) is 76.7 Å². The minimum Gasteiger partial charge on any atom is -0.496 e. The quantitative estimate of drug-likeness (QED) is 0.441. The summed E-state index contributed by atoms with van der Waals surface area (Å²) in [7, 11) is 1.56. The van der Waals surface area contributed by atoms with E-state index in [1.54, 1.807) is 27.0 Å². The molecule has 3 heterocycles. The number of ether oxygens (including phenoxy) is 3. The van der Waals surface area contributed by atoms with Crippen LogP contribution in [0.1, 0.15) is 30.9 Å². The van der Waals surface area contributed by atoms with Gasteiger partial charge in [-0.15, -0.1) is 0 Å². The first-order valence-corrected chi connectivity index (χ1v) is 11.1. The Labute approximate surface area is 196 Å². The zero-order valence-electron chi connectivity index (χ0n) is 19.1. The van der Waals surface area contributed by atoms with Crippen LogP contribution in [0.3, 0.4) is 0 Å². The molecule has 1 fully saturated rings. The average molecular weight is 456 g/mol. The summed E-state index contributed by atoms with van der Waals surface area (Å²) >= 11 is 0. The number of Topliss-reactive ketones (excluding diaryl/α,β-unsaturated/α-hetero) is 1. The number of fused-ring (bicyclic) bond motifs is 2. The van der Waals surface area contributed by atoms with Crippen molar-refractivity contribution in [2.24, 2.45) is 10.9 Å². The second-order valence-corrected chi connectivity index (χ2v) is 8.13. The molecule has 2 aliphatic rings. The number of ketones is 1. The van der Waals surface area contributed by atoms with E-state index in [1.165, 1.54) is 0 Å². The predicted molar refractivity (Wildman–Crippen MR) is 128 cm³/mol. The Bertz CT molecular complexity index is 1390. The molecule has 172 valence electrons. The van der Waals surface area contributed by atoms with Crippen molar-refractivity contribution in [1.82, 2.24) is 4.98 Å². The van der Waals surface area contributed by atoms with Gasteiger partial charge in [-0.3, -0.25) is 4.79 Å². The molecule has 0 radical (unpaired) electrons. The summed E-state index contributed by atoms with van der Waals surface area (Å²) in [6, 6.07) is 15.2. The van der Waals surface area contributed by atoms with Crippen LogP contribution >= 0.6 is 0 Å². The maximum absolute atomic E-state index is 13.7. The first kappa shape index (κ1) is 21.7. The summed E-state index contributed by atoms with van der Waals surface area (Å²) in [6.45, 7) is 3.69. The van der Waals surface area contributed by atoms with Crippen molar-refractivity contribution >= 4 is 34.6 Å². The number of nitrogens with zero attached hydrogens (tertiary/aromatic N) is 1. The summed E-state index contributed by atoms with van der Waals surface area (Å²) < 4.78 is 16.9. The molecule has 1 saturated heterocycles. The molecule has 0 saturated carbocycles. The normalized spacial score (nSPS) is 20.9. The maximum Gasteiger partial charge on any atom is 0.336 e. The van der Waals surface area contributed by atoms with E-state index >= 15 is 0 Å². The average Bonchev–Trinajstić information content (AvgIpc) is 3.39. The highest BCUT2D eigenvalue weighted by molar-refractivity contribution is 6.19. The van der Waals surface area contributed by atoms with Gasteiger partial charge in [0.15, 0.2) is 5.76 Å². The van der Waals surface area contributed by atoms with Crippen LogP contribution in [0.4, 0.5) is 0 Å². The summed E-state index contributed by atoms with van der Waals surface area (Å²) in [5.41, 5.74) is 3.30. The summed E-state index contributed by atoms with van der Waals surface area (Å²) in [4.78, 5) is 34.4. The molecule has 7 heteroatoms. The molecule has 0 bridgehead atoms. The van der Waals surface area contributed by atoms with E-state index in [0.717, 1.165) is 16.5 Å². The molecule has 2 aromatic carbocycles. The van der Waals surface area contributed by atoms with Crippen LogP contribution in [0.5, 0.6) is 5.75 Å². The number of hydrogen-bond acceptors (Lipinski definition) is 6. The van der Waals surface area contributed by atoms with Gasteiger partial charge in [0.05, 0.1) is 25.0 Å². The number of aromatic amines is 1. The smallest absolute Gasteiger partial charge is 0.336 e. The second-order valence-electron chi connectivity index (χ2n) is 8.13. The lowest BCUT2D eigenvalue weighted by molar-refractivity contribution is -0.139. The third-order valence-electron chi connectivity index (χ3n) is 6.20. The second kappa shape index (κ2) is 8.67. The number of hydrogen-bond donors (Lipinski definition) is 1. The van der Waals surface area contributed by atoms with Gasteiger partial charge in [-0.25, -0.2) is 9.79 Å². The highest BCUT2D eigenvalue weighted by Gasteiger charge is 2.50. The van der Waals surface area contributed by atoms with Gasteiger partial charge in [-0.05, 0) is 32.1 Å². The molecule has 0 spiro atoms. The monoisotopic (exact) mass is 456 g/mol. The van der Waals surface area contributed by atoms with Crippen molar-refractivity contribution in [3.05, 3.63) is 82.9 Å². The van der Waals surface area contributed by atoms with Crippen molar-refractivity contribution < 1.29 is 23.8 Å². The highest BCUT2D eigenvalue weighted by Crippen LogP contribution is 2.47. The minimum absolute atomic E-state index is 0.186. The third-order valence-corrected chi connectivity index (χ3v) is 6.20. The molecule has 0 amide bonds. The fraction of sp³-hybridized carbons (Fsp3) is 0.222. The lowest BCUT2D eigenvalue weighted by Crippen LogP contribution is -2.32. The predicted octanol–water partition coefficient (Wildman–Crippen LogP) is 4.77. The fourth-order valence-corrected chi connectivity index (χ4v) is 4.69. The van der Waals surface area contributed by atoms with Gasteiger partial charge < -0.3 is 19.2 Å². The van der Waals surface area contributed by atoms with Gasteiger partial charge in [-0.2, -0.15) is 0 Å². The molecule has 2 aliphatic heterocycles. The maximum atomic E-state index is 13.7. The Morgan fingerprint density at radius 3 is 2.71 bits per heavy atom. The molecule has 1 aromatic heterocycles. The lowest BCUT2D eigenvalue weighted by Gasteiger charge is -2.28. The van der Waals surface area contributed by atoms with Crippen LogP contribution in [-0.2, 0) is 19.1 Å². The van der Waals surface area contributed by atoms with Crippen LogP contribution < -0.4 is 4.74 Å². The summed E-state index contributed by atoms with van der Waals surface area (Å²) in [5, 5.41) is 0.978. The first-order chi connectivity index (χ1) is 16.5. The third kappa shape index (κ3) is 3.50. The van der Waals surface area contributed by atoms with Crippen LogP contribution in [-0.4, -0.2) is 36.4 Å². The number of esters is 1. The van der Waals surface area contributed by atoms with E-state index in [1.807, 2.05) is 54.7 Å². The number of carbonyl (C=O) groups is 2. The summed E-state index contributed by atoms with van der Waals surface area (Å²) in [5.74, 6) is -1.15. The zero-order chi connectivity index (χ0) is 23.8. The van der Waals surface area contributed by atoms with E-state index < -0.39 is 17.8 Å². The van der Waals surface area contributed by atoms with E-state index in [4.69, 9.17) is 14.2 Å². The molecule has 2 unspecified atom stereocenters. The topological polar surface area (TPSA) is 90.0 Å². The molecule has 3 aromatic rings. The number of benzene rings is 2. The van der Waals surface area contributed by atoms with Crippen LogP contribution in [0.2, 0.25) is 0 Å². The fourth-order valence-electron chi connectivity index (χ4n) is 4.69. The minimum atomic E-state index is -0.795. The first-order valence-electron chi connectivity index (χ1n) is 11.1. The van der Waals surface area contributed by atoms with Crippen molar-refractivity contribution in [2.45, 2.75) is 19.8 Å². The van der Waals surface area contributed by atoms with Crippen molar-refractivity contribution in [3.8, 4) is 5.75 Å². The van der Waals surface area contributed by atoms with Gasteiger partial charge in [0.25, 0.3) is 0 Å². The largest absolute Gasteiger partial charge is 0.496 e. The van der Waals surface area contributed by atoms with E-state index in [9.17, 15) is 9.59 Å². The number of allylic oxidation sites excluding steroid dienone is 2. The number of carbonyl (C=O) groups excluding carboxylic acids is 2. The van der Waals surface area contributed by atoms with Gasteiger partial charge in [0.1, 0.15) is 11.7 Å².